The topological polar surface area (TPSA) is 103 Å². The van der Waals surface area contributed by atoms with E-state index in [4.69, 9.17) is 4.74 Å². The van der Waals surface area contributed by atoms with Crippen molar-refractivity contribution in [3.8, 4) is 5.82 Å². The Morgan fingerprint density at radius 1 is 1.07 bits per heavy atom. The Bertz CT molecular complexity index is 926. The monoisotopic (exact) mass is 388 g/mol. The number of nitrogens with zero attached hydrogens (tertiary/aromatic N) is 6. The summed E-state index contributed by atoms with van der Waals surface area (Å²) in [5, 5.41) is 8.65. The van der Waals surface area contributed by atoms with Gasteiger partial charge < -0.3 is 14.5 Å². The molecule has 28 heavy (non-hydrogen) atoms. The van der Waals surface area contributed by atoms with E-state index in [1.54, 1.807) is 27.5 Å². The van der Waals surface area contributed by atoms with Crippen LogP contribution in [0.15, 0.2) is 23.0 Å². The summed E-state index contributed by atoms with van der Waals surface area (Å²) in [6, 6.07) is 4.87. The van der Waals surface area contributed by atoms with Crippen molar-refractivity contribution in [1.82, 2.24) is 29.4 Å². The summed E-state index contributed by atoms with van der Waals surface area (Å²) >= 11 is 0. The first-order valence-corrected chi connectivity index (χ1v) is 9.20. The summed E-state index contributed by atoms with van der Waals surface area (Å²) in [5.41, 5.74) is 1.37. The number of carbonyl (C=O) groups is 2. The van der Waals surface area contributed by atoms with Crippen LogP contribution in [0.5, 0.6) is 0 Å². The minimum Gasteiger partial charge on any atom is -0.450 e. The van der Waals surface area contributed by atoms with Crippen LogP contribution in [0.25, 0.3) is 5.82 Å². The standard InChI is InChI=1S/C18H24N6O4/c1-4-28-18(27)22-9-7-21(8-10-22)17(26)12-23-16(25)6-5-15(20-23)24-14(3)11-13(2)19-24/h5-6,11H,4,7-10,12H2,1-3H3. The molecule has 10 heteroatoms. The lowest BCUT2D eigenvalue weighted by atomic mass is 10.3. The van der Waals surface area contributed by atoms with Gasteiger partial charge in [0.2, 0.25) is 5.91 Å². The average molecular weight is 388 g/mol. The second-order valence-electron chi connectivity index (χ2n) is 6.59. The molecule has 0 radical (unpaired) electrons. The predicted octanol–water partition coefficient (Wildman–Crippen LogP) is 0.347. The van der Waals surface area contributed by atoms with Gasteiger partial charge in [0.25, 0.3) is 5.56 Å². The summed E-state index contributed by atoms with van der Waals surface area (Å²) in [6.07, 6.45) is -0.370. The zero-order valence-corrected chi connectivity index (χ0v) is 16.3. The number of aryl methyl sites for hydroxylation is 2. The number of hydrogen-bond donors (Lipinski definition) is 0. The Morgan fingerprint density at radius 2 is 1.75 bits per heavy atom. The second kappa shape index (κ2) is 8.24. The largest absolute Gasteiger partial charge is 0.450 e. The lowest BCUT2D eigenvalue weighted by molar-refractivity contribution is -0.133. The molecule has 10 nitrogen and oxygen atoms in total. The zero-order chi connectivity index (χ0) is 20.3. The van der Waals surface area contributed by atoms with Crippen LogP contribution in [0.2, 0.25) is 0 Å². The zero-order valence-electron chi connectivity index (χ0n) is 16.3. The van der Waals surface area contributed by atoms with Crippen molar-refractivity contribution >= 4 is 12.0 Å². The van der Waals surface area contributed by atoms with Gasteiger partial charge in [-0.05, 0) is 32.9 Å². The number of aromatic nitrogens is 4. The highest BCUT2D eigenvalue weighted by Crippen LogP contribution is 2.08. The van der Waals surface area contributed by atoms with Crippen LogP contribution < -0.4 is 5.56 Å². The van der Waals surface area contributed by atoms with Crippen molar-refractivity contribution in [2.45, 2.75) is 27.3 Å². The van der Waals surface area contributed by atoms with Gasteiger partial charge in [0.15, 0.2) is 5.82 Å². The Hall–Kier alpha value is -3.17. The van der Waals surface area contributed by atoms with E-state index in [1.807, 2.05) is 19.9 Å². The van der Waals surface area contributed by atoms with Crippen LogP contribution in [-0.2, 0) is 16.1 Å². The van der Waals surface area contributed by atoms with Crippen molar-refractivity contribution in [3.05, 3.63) is 39.9 Å². The van der Waals surface area contributed by atoms with Gasteiger partial charge >= 0.3 is 6.09 Å². The molecule has 0 spiro atoms. The van der Waals surface area contributed by atoms with Gasteiger partial charge in [0.05, 0.1) is 12.3 Å². The van der Waals surface area contributed by atoms with Gasteiger partial charge in [0.1, 0.15) is 6.54 Å². The fourth-order valence-corrected chi connectivity index (χ4v) is 3.11. The number of rotatable bonds is 4. The van der Waals surface area contributed by atoms with Crippen LogP contribution in [0.4, 0.5) is 4.79 Å². The molecule has 1 saturated heterocycles. The minimum atomic E-state index is -0.370. The third-order valence-electron chi connectivity index (χ3n) is 4.52. The molecule has 3 heterocycles. The third kappa shape index (κ3) is 4.21. The van der Waals surface area contributed by atoms with Crippen LogP contribution >= 0.6 is 0 Å². The molecule has 0 bridgehead atoms. The highest BCUT2D eigenvalue weighted by molar-refractivity contribution is 5.76. The first kappa shape index (κ1) is 19.6. The van der Waals surface area contributed by atoms with Gasteiger partial charge in [-0.1, -0.05) is 0 Å². The van der Waals surface area contributed by atoms with Gasteiger partial charge in [-0.25, -0.2) is 14.2 Å². The molecular formula is C18H24N6O4. The van der Waals surface area contributed by atoms with E-state index >= 15 is 0 Å². The number of ether oxygens (including phenoxy) is 1. The molecule has 0 aliphatic carbocycles. The number of carbonyl (C=O) groups excluding carboxylic acids is 2. The van der Waals surface area contributed by atoms with Crippen LogP contribution in [0.3, 0.4) is 0 Å². The molecule has 0 atom stereocenters. The molecule has 2 aromatic rings. The molecule has 0 unspecified atom stereocenters. The molecular weight excluding hydrogens is 364 g/mol. The molecule has 1 aliphatic rings. The lowest BCUT2D eigenvalue weighted by Gasteiger charge is -2.34. The maximum Gasteiger partial charge on any atom is 0.409 e. The Kier molecular flexibility index (Phi) is 5.76. The molecule has 0 N–H and O–H groups in total. The van der Waals surface area contributed by atoms with Gasteiger partial charge in [-0.3, -0.25) is 9.59 Å². The lowest BCUT2D eigenvalue weighted by Crippen LogP contribution is -2.51. The van der Waals surface area contributed by atoms with Crippen LogP contribution in [-0.4, -0.2) is 74.1 Å². The fraction of sp³-hybridized carbons (Fsp3) is 0.500. The molecule has 0 saturated carbocycles. The summed E-state index contributed by atoms with van der Waals surface area (Å²) in [7, 11) is 0. The Morgan fingerprint density at radius 3 is 2.36 bits per heavy atom. The molecule has 2 aromatic heterocycles. The van der Waals surface area contributed by atoms with E-state index in [0.29, 0.717) is 38.6 Å². The Balaban J connectivity index is 1.68. The molecule has 1 fully saturated rings. The van der Waals surface area contributed by atoms with Crippen LogP contribution in [0, 0.1) is 13.8 Å². The molecule has 2 amide bonds. The molecule has 0 aromatic carbocycles. The van der Waals surface area contributed by atoms with E-state index < -0.39 is 0 Å². The third-order valence-corrected chi connectivity index (χ3v) is 4.52. The number of piperazine rings is 1. The van der Waals surface area contributed by atoms with Crippen LogP contribution in [0.1, 0.15) is 18.3 Å². The summed E-state index contributed by atoms with van der Waals surface area (Å²) in [4.78, 5) is 39.7. The SMILES string of the molecule is CCOC(=O)N1CCN(C(=O)Cn2nc(-n3nc(C)cc3C)ccc2=O)CC1. The summed E-state index contributed by atoms with van der Waals surface area (Å²) in [6.45, 7) is 7.26. The van der Waals surface area contributed by atoms with Crippen molar-refractivity contribution in [2.75, 3.05) is 32.8 Å². The maximum absolute atomic E-state index is 12.6. The van der Waals surface area contributed by atoms with E-state index in [1.165, 1.54) is 6.07 Å². The fourth-order valence-electron chi connectivity index (χ4n) is 3.11. The van der Waals surface area contributed by atoms with E-state index in [0.717, 1.165) is 16.1 Å². The van der Waals surface area contributed by atoms with Gasteiger partial charge in [-0.2, -0.15) is 5.10 Å². The second-order valence-corrected chi connectivity index (χ2v) is 6.59. The highest BCUT2D eigenvalue weighted by atomic mass is 16.6. The quantitative estimate of drug-likeness (QED) is 0.749. The van der Waals surface area contributed by atoms with Gasteiger partial charge in [0, 0.05) is 37.9 Å². The van der Waals surface area contributed by atoms with E-state index in [-0.39, 0.29) is 24.1 Å². The Labute approximate surface area is 162 Å². The number of hydrogen-bond acceptors (Lipinski definition) is 6. The van der Waals surface area contributed by atoms with E-state index in [2.05, 4.69) is 10.2 Å². The summed E-state index contributed by atoms with van der Waals surface area (Å²) < 4.78 is 7.75. The molecule has 150 valence electrons. The van der Waals surface area contributed by atoms with Gasteiger partial charge in [-0.15, -0.1) is 5.10 Å². The van der Waals surface area contributed by atoms with E-state index in [9.17, 15) is 14.4 Å². The normalized spacial score (nSPS) is 14.2. The predicted molar refractivity (Wildman–Crippen MR) is 100 cm³/mol. The smallest absolute Gasteiger partial charge is 0.409 e. The van der Waals surface area contributed by atoms with Crippen molar-refractivity contribution in [1.29, 1.82) is 0 Å². The average Bonchev–Trinajstić information content (AvgIpc) is 3.02. The minimum absolute atomic E-state index is 0.161. The maximum atomic E-state index is 12.6. The van der Waals surface area contributed by atoms with Crippen molar-refractivity contribution < 1.29 is 14.3 Å². The van der Waals surface area contributed by atoms with Crippen molar-refractivity contribution in [3.63, 3.8) is 0 Å². The van der Waals surface area contributed by atoms with Crippen molar-refractivity contribution in [2.24, 2.45) is 0 Å². The highest BCUT2D eigenvalue weighted by Gasteiger charge is 2.25. The molecule has 3 rings (SSSR count). The molecule has 1 aliphatic heterocycles. The number of amides is 2. The first-order chi connectivity index (χ1) is 13.4. The first-order valence-electron chi connectivity index (χ1n) is 9.20. The summed E-state index contributed by atoms with van der Waals surface area (Å²) in [5.74, 6) is 0.258.